The van der Waals surface area contributed by atoms with E-state index in [1.165, 1.54) is 0 Å². The van der Waals surface area contributed by atoms with Crippen LogP contribution in [0.5, 0.6) is 0 Å². The van der Waals surface area contributed by atoms with Gasteiger partial charge in [0.05, 0.1) is 5.69 Å². The van der Waals surface area contributed by atoms with Crippen LogP contribution >= 0.6 is 31.9 Å². The molecule has 3 nitrogen and oxygen atoms in total. The van der Waals surface area contributed by atoms with Crippen molar-refractivity contribution >= 4 is 31.9 Å². The Balaban J connectivity index is 2.56. The third kappa shape index (κ3) is 3.15. The second kappa shape index (κ2) is 6.01. The minimum absolute atomic E-state index is 0.131. The molecule has 100 valence electrons. The highest BCUT2D eigenvalue weighted by atomic mass is 79.9. The number of aromatic nitrogens is 2. The van der Waals surface area contributed by atoms with Crippen molar-refractivity contribution in [3.8, 4) is 11.4 Å². The number of rotatable bonds is 3. The van der Waals surface area contributed by atoms with Crippen molar-refractivity contribution in [3.05, 3.63) is 48.8 Å². The standard InChI is InChI=1S/C14H14Br2N2O/c1-3-4-11-12(16)14(19)18-13(17-11)9-5-6-10(15)8(2)7-9/h5-7H,3-4H2,1-2H3,(H,17,18,19). The van der Waals surface area contributed by atoms with Gasteiger partial charge in [-0.2, -0.15) is 0 Å². The average molecular weight is 386 g/mol. The first-order chi connectivity index (χ1) is 9.02. The van der Waals surface area contributed by atoms with E-state index in [-0.39, 0.29) is 5.56 Å². The minimum Gasteiger partial charge on any atom is -0.306 e. The summed E-state index contributed by atoms with van der Waals surface area (Å²) in [5.41, 5.74) is 2.71. The third-order valence-corrected chi connectivity index (χ3v) is 4.56. The van der Waals surface area contributed by atoms with Gasteiger partial charge in [0.25, 0.3) is 5.56 Å². The topological polar surface area (TPSA) is 45.8 Å². The summed E-state index contributed by atoms with van der Waals surface area (Å²) in [6.07, 6.45) is 1.74. The highest BCUT2D eigenvalue weighted by molar-refractivity contribution is 9.10. The van der Waals surface area contributed by atoms with Gasteiger partial charge >= 0.3 is 0 Å². The summed E-state index contributed by atoms with van der Waals surface area (Å²) in [6, 6.07) is 5.91. The number of H-pyrrole nitrogens is 1. The van der Waals surface area contributed by atoms with E-state index in [2.05, 4.69) is 48.8 Å². The van der Waals surface area contributed by atoms with E-state index < -0.39 is 0 Å². The fourth-order valence-corrected chi connectivity index (χ4v) is 2.47. The SMILES string of the molecule is CCCc1nc(-c2ccc(Br)c(C)c2)[nH]c(=O)c1Br. The average Bonchev–Trinajstić information content (AvgIpc) is 2.38. The number of halogens is 2. The first-order valence-corrected chi connectivity index (χ1v) is 7.66. The number of nitrogens with one attached hydrogen (secondary N) is 1. The fourth-order valence-electron chi connectivity index (χ4n) is 1.84. The van der Waals surface area contributed by atoms with Crippen LogP contribution in [-0.2, 0) is 6.42 Å². The van der Waals surface area contributed by atoms with E-state index in [1.807, 2.05) is 25.1 Å². The van der Waals surface area contributed by atoms with Crippen molar-refractivity contribution < 1.29 is 0 Å². The molecule has 1 aromatic heterocycles. The molecular weight excluding hydrogens is 372 g/mol. The summed E-state index contributed by atoms with van der Waals surface area (Å²) in [7, 11) is 0. The fraction of sp³-hybridized carbons (Fsp3) is 0.286. The second-order valence-electron chi connectivity index (χ2n) is 4.39. The lowest BCUT2D eigenvalue weighted by Gasteiger charge is -2.07. The van der Waals surface area contributed by atoms with Crippen molar-refractivity contribution in [2.75, 3.05) is 0 Å². The number of aromatic amines is 1. The molecule has 2 aromatic rings. The second-order valence-corrected chi connectivity index (χ2v) is 6.04. The summed E-state index contributed by atoms with van der Waals surface area (Å²) in [4.78, 5) is 19.3. The summed E-state index contributed by atoms with van der Waals surface area (Å²) in [5.74, 6) is 0.618. The molecule has 0 aliphatic heterocycles. The predicted octanol–water partition coefficient (Wildman–Crippen LogP) is 4.22. The maximum atomic E-state index is 11.9. The van der Waals surface area contributed by atoms with Crippen LogP contribution in [-0.4, -0.2) is 9.97 Å². The van der Waals surface area contributed by atoms with Crippen LogP contribution in [0.1, 0.15) is 24.6 Å². The van der Waals surface area contributed by atoms with E-state index in [0.29, 0.717) is 10.3 Å². The van der Waals surface area contributed by atoms with E-state index in [1.54, 1.807) is 0 Å². The van der Waals surface area contributed by atoms with Gasteiger partial charge in [0.2, 0.25) is 0 Å². The Bertz CT molecular complexity index is 665. The monoisotopic (exact) mass is 384 g/mol. The van der Waals surface area contributed by atoms with Crippen LogP contribution < -0.4 is 5.56 Å². The van der Waals surface area contributed by atoms with Gasteiger partial charge < -0.3 is 4.98 Å². The van der Waals surface area contributed by atoms with E-state index >= 15 is 0 Å². The highest BCUT2D eigenvalue weighted by Gasteiger charge is 2.10. The molecule has 0 radical (unpaired) electrons. The molecular formula is C14H14Br2N2O. The Labute approximate surface area is 128 Å². The Hall–Kier alpha value is -0.940. The van der Waals surface area contributed by atoms with Crippen molar-refractivity contribution in [1.82, 2.24) is 9.97 Å². The zero-order valence-electron chi connectivity index (χ0n) is 10.8. The largest absolute Gasteiger partial charge is 0.306 e. The molecule has 0 atom stereocenters. The molecule has 1 heterocycles. The molecule has 0 spiro atoms. The molecule has 5 heteroatoms. The maximum Gasteiger partial charge on any atom is 0.265 e. The first-order valence-electron chi connectivity index (χ1n) is 6.08. The zero-order valence-corrected chi connectivity index (χ0v) is 13.9. The number of hydrogen-bond acceptors (Lipinski definition) is 2. The summed E-state index contributed by atoms with van der Waals surface area (Å²) < 4.78 is 1.58. The molecule has 0 aliphatic rings. The molecule has 0 fully saturated rings. The minimum atomic E-state index is -0.131. The van der Waals surface area contributed by atoms with Gasteiger partial charge in [0, 0.05) is 10.0 Å². The van der Waals surface area contributed by atoms with E-state index in [0.717, 1.165) is 34.1 Å². The molecule has 0 bridgehead atoms. The zero-order chi connectivity index (χ0) is 14.0. The van der Waals surface area contributed by atoms with Crippen LogP contribution in [0, 0.1) is 6.92 Å². The van der Waals surface area contributed by atoms with Gasteiger partial charge in [0.1, 0.15) is 10.3 Å². The van der Waals surface area contributed by atoms with Crippen LogP contribution in [0.15, 0.2) is 31.9 Å². The van der Waals surface area contributed by atoms with Gasteiger partial charge in [-0.1, -0.05) is 35.3 Å². The quantitative estimate of drug-likeness (QED) is 0.859. The summed E-state index contributed by atoms with van der Waals surface area (Å²) >= 11 is 6.77. The number of nitrogens with zero attached hydrogens (tertiary/aromatic N) is 1. The number of benzene rings is 1. The van der Waals surface area contributed by atoms with Crippen molar-refractivity contribution in [1.29, 1.82) is 0 Å². The molecule has 2 rings (SSSR count). The summed E-state index contributed by atoms with van der Waals surface area (Å²) in [5, 5.41) is 0. The van der Waals surface area contributed by atoms with Gasteiger partial charge in [0.15, 0.2) is 0 Å². The van der Waals surface area contributed by atoms with Gasteiger partial charge in [-0.15, -0.1) is 0 Å². The molecule has 0 aliphatic carbocycles. The Morgan fingerprint density at radius 2 is 2.05 bits per heavy atom. The molecule has 0 unspecified atom stereocenters. The van der Waals surface area contributed by atoms with Crippen molar-refractivity contribution in [2.45, 2.75) is 26.7 Å². The van der Waals surface area contributed by atoms with Crippen LogP contribution in [0.2, 0.25) is 0 Å². The molecule has 0 saturated heterocycles. The molecule has 1 aromatic carbocycles. The van der Waals surface area contributed by atoms with E-state index in [9.17, 15) is 4.79 Å². The molecule has 19 heavy (non-hydrogen) atoms. The van der Waals surface area contributed by atoms with Gasteiger partial charge in [-0.05, 0) is 47.0 Å². The predicted molar refractivity (Wildman–Crippen MR) is 84.4 cm³/mol. The number of hydrogen-bond donors (Lipinski definition) is 1. The van der Waals surface area contributed by atoms with Crippen LogP contribution in [0.4, 0.5) is 0 Å². The molecule has 1 N–H and O–H groups in total. The lowest BCUT2D eigenvalue weighted by atomic mass is 10.1. The summed E-state index contributed by atoms with van der Waals surface area (Å²) in [6.45, 7) is 4.08. The van der Waals surface area contributed by atoms with Crippen molar-refractivity contribution in [2.24, 2.45) is 0 Å². The lowest BCUT2D eigenvalue weighted by molar-refractivity contribution is 0.861. The van der Waals surface area contributed by atoms with E-state index in [4.69, 9.17) is 0 Å². The smallest absolute Gasteiger partial charge is 0.265 e. The van der Waals surface area contributed by atoms with Crippen LogP contribution in [0.25, 0.3) is 11.4 Å². The third-order valence-electron chi connectivity index (χ3n) is 2.85. The normalized spacial score (nSPS) is 10.7. The number of aryl methyl sites for hydroxylation is 2. The highest BCUT2D eigenvalue weighted by Crippen LogP contribution is 2.23. The first kappa shape index (κ1) is 14.5. The van der Waals surface area contributed by atoms with Gasteiger partial charge in [-0.3, -0.25) is 4.79 Å². The Kier molecular flexibility index (Phi) is 4.58. The molecule has 0 amide bonds. The lowest BCUT2D eigenvalue weighted by Crippen LogP contribution is -2.13. The Morgan fingerprint density at radius 1 is 1.32 bits per heavy atom. The van der Waals surface area contributed by atoms with Crippen molar-refractivity contribution in [3.63, 3.8) is 0 Å². The maximum absolute atomic E-state index is 11.9. The van der Waals surface area contributed by atoms with Crippen LogP contribution in [0.3, 0.4) is 0 Å². The van der Waals surface area contributed by atoms with Gasteiger partial charge in [-0.25, -0.2) is 4.98 Å². The molecule has 0 saturated carbocycles. The Morgan fingerprint density at radius 3 is 2.68 bits per heavy atom.